The lowest BCUT2D eigenvalue weighted by atomic mass is 10.2. The molecule has 10 heteroatoms. The Morgan fingerprint density at radius 1 is 1.44 bits per heavy atom. The van der Waals surface area contributed by atoms with E-state index in [4.69, 9.17) is 11.6 Å². The van der Waals surface area contributed by atoms with E-state index in [0.717, 1.165) is 12.1 Å². The smallest absolute Gasteiger partial charge is 0.312 e. The van der Waals surface area contributed by atoms with E-state index in [1.807, 2.05) is 0 Å². The van der Waals surface area contributed by atoms with Crippen LogP contribution in [0.25, 0.3) is 0 Å². The highest BCUT2D eigenvalue weighted by Crippen LogP contribution is 2.34. The second kappa shape index (κ2) is 5.11. The number of hydrogen-bond donors (Lipinski definition) is 1. The van der Waals surface area contributed by atoms with E-state index >= 15 is 0 Å². The van der Waals surface area contributed by atoms with Crippen molar-refractivity contribution in [2.45, 2.75) is 6.18 Å². The van der Waals surface area contributed by atoms with Crippen LogP contribution in [0.2, 0.25) is 5.02 Å². The van der Waals surface area contributed by atoms with Crippen LogP contribution in [0.3, 0.4) is 0 Å². The molecule has 1 aromatic rings. The van der Waals surface area contributed by atoms with Gasteiger partial charge in [-0.2, -0.15) is 13.2 Å². The summed E-state index contributed by atoms with van der Waals surface area (Å²) in [5.41, 5.74) is -1.33. The molecule has 0 saturated carbocycles. The van der Waals surface area contributed by atoms with Crippen molar-refractivity contribution in [3.05, 3.63) is 31.7 Å². The minimum Gasteiger partial charge on any atom is -0.312 e. The van der Waals surface area contributed by atoms with E-state index in [9.17, 15) is 28.1 Å². The zero-order valence-electron chi connectivity index (χ0n) is 8.22. The van der Waals surface area contributed by atoms with Crippen molar-refractivity contribution in [3.8, 4) is 0 Å². The van der Waals surface area contributed by atoms with Crippen LogP contribution in [0.15, 0.2) is 16.6 Å². The van der Waals surface area contributed by atoms with Gasteiger partial charge in [0.25, 0.3) is 5.69 Å². The monoisotopic (exact) mass is 346 g/mol. The second-order valence-corrected chi connectivity index (χ2v) is 4.25. The number of halogens is 5. The quantitative estimate of drug-likeness (QED) is 0.657. The molecule has 1 amide bonds. The number of anilines is 1. The number of nitro benzene ring substituents is 1. The van der Waals surface area contributed by atoms with Crippen LogP contribution in [-0.4, -0.2) is 17.0 Å². The van der Waals surface area contributed by atoms with Gasteiger partial charge in [-0.3, -0.25) is 14.9 Å². The number of carbonyl (C=O) groups is 1. The molecular formula is C8H3BrClF3N2O3. The van der Waals surface area contributed by atoms with Gasteiger partial charge >= 0.3 is 12.1 Å². The molecule has 98 valence electrons. The lowest BCUT2D eigenvalue weighted by molar-refractivity contribution is -0.384. The van der Waals surface area contributed by atoms with Gasteiger partial charge in [-0.25, -0.2) is 0 Å². The largest absolute Gasteiger partial charge is 0.471 e. The summed E-state index contributed by atoms with van der Waals surface area (Å²) >= 11 is 8.47. The van der Waals surface area contributed by atoms with Gasteiger partial charge in [-0.15, -0.1) is 0 Å². The summed E-state index contributed by atoms with van der Waals surface area (Å²) in [7, 11) is 0. The first kappa shape index (κ1) is 14.7. The minimum absolute atomic E-state index is 0.0712. The molecule has 0 bridgehead atoms. The third-order valence-corrected chi connectivity index (χ3v) is 2.94. The number of carbonyl (C=O) groups excluding carboxylic acids is 1. The van der Waals surface area contributed by atoms with Crippen LogP contribution in [0, 0.1) is 10.1 Å². The number of nitrogens with one attached hydrogen (secondary N) is 1. The SMILES string of the molecule is O=C(Nc1cc(Cl)c(Br)cc1[N+](=O)[O-])C(F)(F)F. The Labute approximate surface area is 111 Å². The van der Waals surface area contributed by atoms with Gasteiger partial charge in [0.05, 0.1) is 9.95 Å². The van der Waals surface area contributed by atoms with E-state index in [2.05, 4.69) is 15.9 Å². The maximum absolute atomic E-state index is 12.0. The second-order valence-electron chi connectivity index (χ2n) is 2.99. The Balaban J connectivity index is 3.20. The summed E-state index contributed by atoms with van der Waals surface area (Å²) in [6, 6.07) is 1.75. The highest BCUT2D eigenvalue weighted by Gasteiger charge is 2.39. The molecule has 0 saturated heterocycles. The molecule has 0 unspecified atom stereocenters. The summed E-state index contributed by atoms with van der Waals surface area (Å²) in [5, 5.41) is 11.9. The number of benzene rings is 1. The maximum atomic E-state index is 12.0. The zero-order chi connectivity index (χ0) is 14.1. The highest BCUT2D eigenvalue weighted by molar-refractivity contribution is 9.10. The fourth-order valence-electron chi connectivity index (χ4n) is 0.981. The van der Waals surface area contributed by atoms with Crippen molar-refractivity contribution in [2.24, 2.45) is 0 Å². The fraction of sp³-hybridized carbons (Fsp3) is 0.125. The average molecular weight is 347 g/mol. The normalized spacial score (nSPS) is 11.2. The molecule has 0 heterocycles. The van der Waals surface area contributed by atoms with Crippen LogP contribution in [0.1, 0.15) is 0 Å². The lowest BCUT2D eigenvalue weighted by Crippen LogP contribution is -2.30. The summed E-state index contributed by atoms with van der Waals surface area (Å²) < 4.78 is 36.2. The third-order valence-electron chi connectivity index (χ3n) is 1.74. The molecule has 0 radical (unpaired) electrons. The fourth-order valence-corrected chi connectivity index (χ4v) is 1.48. The number of hydrogen-bond acceptors (Lipinski definition) is 3. The van der Waals surface area contributed by atoms with Gasteiger partial charge in [-0.05, 0) is 22.0 Å². The lowest BCUT2D eigenvalue weighted by Gasteiger charge is -2.09. The molecule has 1 N–H and O–H groups in total. The molecule has 1 rings (SSSR count). The summed E-state index contributed by atoms with van der Waals surface area (Å²) in [5.74, 6) is -2.32. The molecule has 0 spiro atoms. The molecule has 18 heavy (non-hydrogen) atoms. The summed E-state index contributed by atoms with van der Waals surface area (Å²) in [6.07, 6.45) is -5.15. The van der Waals surface area contributed by atoms with Crippen LogP contribution >= 0.6 is 27.5 Å². The van der Waals surface area contributed by atoms with Gasteiger partial charge < -0.3 is 5.32 Å². The Morgan fingerprint density at radius 3 is 2.44 bits per heavy atom. The highest BCUT2D eigenvalue weighted by atomic mass is 79.9. The molecule has 0 aliphatic rings. The molecule has 0 aromatic heterocycles. The first-order chi connectivity index (χ1) is 8.12. The van der Waals surface area contributed by atoms with Gasteiger partial charge in [0.2, 0.25) is 0 Å². The van der Waals surface area contributed by atoms with E-state index in [0.29, 0.717) is 0 Å². The topological polar surface area (TPSA) is 72.2 Å². The Kier molecular flexibility index (Phi) is 4.17. The van der Waals surface area contributed by atoms with Crippen molar-refractivity contribution in [2.75, 3.05) is 5.32 Å². The maximum Gasteiger partial charge on any atom is 0.471 e. The molecule has 0 aliphatic heterocycles. The van der Waals surface area contributed by atoms with Gasteiger partial charge in [-0.1, -0.05) is 11.6 Å². The van der Waals surface area contributed by atoms with Crippen molar-refractivity contribution < 1.29 is 22.9 Å². The van der Waals surface area contributed by atoms with Crippen molar-refractivity contribution in [1.29, 1.82) is 0 Å². The standard InChI is InChI=1S/C8H3BrClF3N2O3/c9-3-1-6(15(17)18)5(2-4(3)10)14-7(16)8(11,12)13/h1-2H,(H,14,16). The molecular weight excluding hydrogens is 344 g/mol. The summed E-state index contributed by atoms with van der Waals surface area (Å²) in [4.78, 5) is 20.4. The Bertz CT molecular complexity index is 521. The van der Waals surface area contributed by atoms with Gasteiger partial charge in [0, 0.05) is 10.5 Å². The Hall–Kier alpha value is -1.35. The number of amides is 1. The van der Waals surface area contributed by atoms with Crippen molar-refractivity contribution >= 4 is 44.8 Å². The van der Waals surface area contributed by atoms with E-state index in [-0.39, 0.29) is 9.50 Å². The first-order valence-corrected chi connectivity index (χ1v) is 5.31. The number of rotatable bonds is 2. The van der Waals surface area contributed by atoms with Crippen LogP contribution in [0.5, 0.6) is 0 Å². The van der Waals surface area contributed by atoms with E-state index < -0.39 is 28.4 Å². The molecule has 5 nitrogen and oxygen atoms in total. The van der Waals surface area contributed by atoms with Crippen LogP contribution < -0.4 is 5.32 Å². The minimum atomic E-state index is -5.15. The molecule has 0 fully saturated rings. The Morgan fingerprint density at radius 2 is 2.00 bits per heavy atom. The third kappa shape index (κ3) is 3.33. The zero-order valence-corrected chi connectivity index (χ0v) is 10.6. The van der Waals surface area contributed by atoms with E-state index in [1.54, 1.807) is 0 Å². The number of nitrogens with zero attached hydrogens (tertiary/aromatic N) is 1. The van der Waals surface area contributed by atoms with Crippen molar-refractivity contribution in [1.82, 2.24) is 0 Å². The van der Waals surface area contributed by atoms with Gasteiger partial charge in [0.1, 0.15) is 5.69 Å². The molecule has 1 aromatic carbocycles. The van der Waals surface area contributed by atoms with Crippen molar-refractivity contribution in [3.63, 3.8) is 0 Å². The number of nitro groups is 1. The first-order valence-electron chi connectivity index (χ1n) is 4.14. The molecule has 0 atom stereocenters. The van der Waals surface area contributed by atoms with Gasteiger partial charge in [0.15, 0.2) is 0 Å². The predicted molar refractivity (Wildman–Crippen MR) is 60.5 cm³/mol. The number of alkyl halides is 3. The average Bonchev–Trinajstić information content (AvgIpc) is 2.21. The van der Waals surface area contributed by atoms with Crippen LogP contribution in [0.4, 0.5) is 24.5 Å². The van der Waals surface area contributed by atoms with E-state index in [1.165, 1.54) is 5.32 Å². The molecule has 0 aliphatic carbocycles. The summed E-state index contributed by atoms with van der Waals surface area (Å²) in [6.45, 7) is 0. The predicted octanol–water partition coefficient (Wildman–Crippen LogP) is 3.51. The van der Waals surface area contributed by atoms with Crippen LogP contribution in [-0.2, 0) is 4.79 Å².